The summed E-state index contributed by atoms with van der Waals surface area (Å²) in [6, 6.07) is 8.37. The molecule has 1 aromatic heterocycles. The van der Waals surface area contributed by atoms with Gasteiger partial charge in [-0.15, -0.1) is 0 Å². The van der Waals surface area contributed by atoms with Crippen LogP contribution in [0.5, 0.6) is 0 Å². The Hall–Kier alpha value is -2.14. The quantitative estimate of drug-likeness (QED) is 0.911. The highest BCUT2D eigenvalue weighted by Gasteiger charge is 2.53. The zero-order chi connectivity index (χ0) is 17.4. The maximum atomic E-state index is 12.7. The van der Waals surface area contributed by atoms with E-state index < -0.39 is 0 Å². The third kappa shape index (κ3) is 3.09. The van der Waals surface area contributed by atoms with Gasteiger partial charge in [0.1, 0.15) is 5.82 Å². The number of hydrogen-bond donors (Lipinski definition) is 1. The number of nitrogens with zero attached hydrogens (tertiary/aromatic N) is 2. The van der Waals surface area contributed by atoms with E-state index in [1.54, 1.807) is 0 Å². The van der Waals surface area contributed by atoms with E-state index in [1.165, 1.54) is 5.56 Å². The molecule has 3 unspecified atom stereocenters. The molecule has 2 fully saturated rings. The lowest BCUT2D eigenvalue weighted by Crippen LogP contribution is -2.44. The molecule has 5 heteroatoms. The lowest BCUT2D eigenvalue weighted by Gasteiger charge is -2.29. The van der Waals surface area contributed by atoms with E-state index in [1.807, 2.05) is 32.3 Å². The van der Waals surface area contributed by atoms with E-state index in [0.717, 1.165) is 37.2 Å². The van der Waals surface area contributed by atoms with Crippen molar-refractivity contribution >= 4 is 5.91 Å². The number of benzene rings is 1. The van der Waals surface area contributed by atoms with Crippen LogP contribution in [0.15, 0.2) is 36.7 Å². The third-order valence-electron chi connectivity index (χ3n) is 5.71. The van der Waals surface area contributed by atoms with Crippen LogP contribution in [-0.2, 0) is 22.6 Å². The first-order valence-electron chi connectivity index (χ1n) is 9.04. The summed E-state index contributed by atoms with van der Waals surface area (Å²) in [4.78, 5) is 17.0. The average Bonchev–Trinajstić information content (AvgIpc) is 3.30. The summed E-state index contributed by atoms with van der Waals surface area (Å²) in [5.74, 6) is 1.12. The predicted octanol–water partition coefficient (Wildman–Crippen LogP) is 2.81. The number of rotatable bonds is 5. The van der Waals surface area contributed by atoms with Crippen molar-refractivity contribution in [2.24, 2.45) is 5.41 Å². The van der Waals surface area contributed by atoms with Gasteiger partial charge < -0.3 is 14.6 Å². The molecule has 0 spiro atoms. The molecule has 2 aliphatic rings. The highest BCUT2D eigenvalue weighted by atomic mass is 16.5. The van der Waals surface area contributed by atoms with Crippen molar-refractivity contribution < 1.29 is 9.53 Å². The van der Waals surface area contributed by atoms with Crippen molar-refractivity contribution in [1.82, 2.24) is 14.9 Å². The predicted molar refractivity (Wildman–Crippen MR) is 95.0 cm³/mol. The monoisotopic (exact) mass is 339 g/mol. The maximum Gasteiger partial charge on any atom is 0.228 e. The van der Waals surface area contributed by atoms with Crippen molar-refractivity contribution in [2.75, 3.05) is 0 Å². The number of amides is 1. The van der Waals surface area contributed by atoms with E-state index in [2.05, 4.69) is 33.1 Å². The van der Waals surface area contributed by atoms with Crippen molar-refractivity contribution in [3.05, 3.63) is 53.6 Å². The normalized spacial score (nSPS) is 27.6. The van der Waals surface area contributed by atoms with E-state index in [9.17, 15) is 4.79 Å². The van der Waals surface area contributed by atoms with Crippen LogP contribution in [0.2, 0.25) is 0 Å². The number of imidazole rings is 1. The van der Waals surface area contributed by atoms with E-state index in [4.69, 9.17) is 4.74 Å². The number of hydrogen-bond acceptors (Lipinski definition) is 3. The molecular formula is C20H25N3O2. The number of carbonyl (C=O) groups excluding carboxylic acids is 1. The number of fused-ring (bicyclic) bond motifs is 2. The molecule has 2 aromatic rings. The van der Waals surface area contributed by atoms with Gasteiger partial charge in [-0.3, -0.25) is 4.79 Å². The van der Waals surface area contributed by atoms with Crippen LogP contribution in [0, 0.1) is 12.3 Å². The molecule has 2 aliphatic heterocycles. The first-order chi connectivity index (χ1) is 12.0. The van der Waals surface area contributed by atoms with Gasteiger partial charge in [0.05, 0.1) is 17.6 Å². The molecule has 1 aromatic carbocycles. The minimum atomic E-state index is -0.367. The van der Waals surface area contributed by atoms with E-state index >= 15 is 0 Å². The summed E-state index contributed by atoms with van der Waals surface area (Å²) in [5.41, 5.74) is 1.97. The standard InChI is InChI=1S/C20H25N3O2/c1-14-21-8-9-23(14)13-16-5-3-4-15(10-16)12-22-19(24)20(2)11-17-6-7-18(20)25-17/h3-5,8-10,17-18H,6-7,11-13H2,1-2H3,(H,22,24). The third-order valence-corrected chi connectivity index (χ3v) is 5.71. The van der Waals surface area contributed by atoms with Crippen LogP contribution in [0.25, 0.3) is 0 Å². The molecule has 3 atom stereocenters. The highest BCUT2D eigenvalue weighted by molar-refractivity contribution is 5.83. The Balaban J connectivity index is 1.39. The Kier molecular flexibility index (Phi) is 4.12. The Bertz CT molecular complexity index is 785. The Labute approximate surface area is 148 Å². The van der Waals surface area contributed by atoms with Gasteiger partial charge in [-0.25, -0.2) is 4.98 Å². The molecule has 2 saturated heterocycles. The van der Waals surface area contributed by atoms with Gasteiger partial charge in [0.25, 0.3) is 0 Å². The molecule has 25 heavy (non-hydrogen) atoms. The van der Waals surface area contributed by atoms with Gasteiger partial charge in [-0.1, -0.05) is 24.3 Å². The summed E-state index contributed by atoms with van der Waals surface area (Å²) < 4.78 is 8.00. The Morgan fingerprint density at radius 3 is 2.92 bits per heavy atom. The minimum Gasteiger partial charge on any atom is -0.374 e. The SMILES string of the molecule is Cc1nccn1Cc1cccc(CNC(=O)C2(C)CC3CCC2O3)c1. The first kappa shape index (κ1) is 16.3. The van der Waals surface area contributed by atoms with Crippen LogP contribution in [0.4, 0.5) is 0 Å². The fourth-order valence-corrected chi connectivity index (χ4v) is 4.16. The van der Waals surface area contributed by atoms with Crippen molar-refractivity contribution in [2.45, 2.75) is 58.4 Å². The second-order valence-electron chi connectivity index (χ2n) is 7.55. The number of aryl methyl sites for hydroxylation is 1. The summed E-state index contributed by atoms with van der Waals surface area (Å²) in [5, 5.41) is 3.13. The van der Waals surface area contributed by atoms with Crippen LogP contribution >= 0.6 is 0 Å². The second-order valence-corrected chi connectivity index (χ2v) is 7.55. The minimum absolute atomic E-state index is 0.0908. The van der Waals surface area contributed by atoms with Crippen molar-refractivity contribution in [3.8, 4) is 0 Å². The van der Waals surface area contributed by atoms with Crippen LogP contribution in [0.1, 0.15) is 43.1 Å². The second kappa shape index (κ2) is 6.30. The molecule has 5 nitrogen and oxygen atoms in total. The van der Waals surface area contributed by atoms with Gasteiger partial charge in [0.15, 0.2) is 0 Å². The van der Waals surface area contributed by atoms with Gasteiger partial charge in [-0.2, -0.15) is 0 Å². The van der Waals surface area contributed by atoms with Crippen molar-refractivity contribution in [3.63, 3.8) is 0 Å². The lowest BCUT2D eigenvalue weighted by atomic mass is 9.75. The lowest BCUT2D eigenvalue weighted by molar-refractivity contribution is -0.133. The first-order valence-corrected chi connectivity index (χ1v) is 9.04. The van der Waals surface area contributed by atoms with Gasteiger partial charge >= 0.3 is 0 Å². The molecule has 1 N–H and O–H groups in total. The van der Waals surface area contributed by atoms with Gasteiger partial charge in [0.2, 0.25) is 5.91 Å². The van der Waals surface area contributed by atoms with Gasteiger partial charge in [-0.05, 0) is 44.2 Å². The Morgan fingerprint density at radius 2 is 2.24 bits per heavy atom. The topological polar surface area (TPSA) is 56.2 Å². The fraction of sp³-hybridized carbons (Fsp3) is 0.500. The molecule has 4 rings (SSSR count). The Morgan fingerprint density at radius 1 is 1.40 bits per heavy atom. The van der Waals surface area contributed by atoms with Crippen LogP contribution in [0.3, 0.4) is 0 Å². The summed E-state index contributed by atoms with van der Waals surface area (Å²) in [6.07, 6.45) is 7.13. The zero-order valence-electron chi connectivity index (χ0n) is 14.9. The fourth-order valence-electron chi connectivity index (χ4n) is 4.16. The number of aromatic nitrogens is 2. The smallest absolute Gasteiger partial charge is 0.228 e. The molecule has 0 saturated carbocycles. The van der Waals surface area contributed by atoms with E-state index in [0.29, 0.717) is 6.54 Å². The van der Waals surface area contributed by atoms with Crippen molar-refractivity contribution in [1.29, 1.82) is 0 Å². The number of nitrogens with one attached hydrogen (secondary N) is 1. The average molecular weight is 339 g/mol. The highest BCUT2D eigenvalue weighted by Crippen LogP contribution is 2.47. The van der Waals surface area contributed by atoms with Crippen LogP contribution < -0.4 is 5.32 Å². The molecule has 0 radical (unpaired) electrons. The molecule has 1 amide bonds. The molecular weight excluding hydrogens is 314 g/mol. The molecule has 132 valence electrons. The van der Waals surface area contributed by atoms with E-state index in [-0.39, 0.29) is 23.5 Å². The molecule has 0 aliphatic carbocycles. The van der Waals surface area contributed by atoms with Gasteiger partial charge in [0, 0.05) is 25.5 Å². The number of ether oxygens (including phenoxy) is 1. The summed E-state index contributed by atoms with van der Waals surface area (Å²) in [6.45, 7) is 5.40. The molecule has 2 bridgehead atoms. The largest absolute Gasteiger partial charge is 0.374 e. The maximum absolute atomic E-state index is 12.7. The molecule has 3 heterocycles. The van der Waals surface area contributed by atoms with Crippen LogP contribution in [-0.4, -0.2) is 27.7 Å². The number of carbonyl (C=O) groups is 1. The summed E-state index contributed by atoms with van der Waals surface area (Å²) in [7, 11) is 0. The zero-order valence-corrected chi connectivity index (χ0v) is 14.9. The summed E-state index contributed by atoms with van der Waals surface area (Å²) >= 11 is 0.